The number of halogens is 3. The van der Waals surface area contributed by atoms with Crippen LogP contribution in [0.4, 0.5) is 13.2 Å². The van der Waals surface area contributed by atoms with E-state index in [1.165, 1.54) is 13.3 Å². The number of nitrogens with zero attached hydrogens (tertiary/aromatic N) is 3. The van der Waals surface area contributed by atoms with Crippen LogP contribution in [0.25, 0.3) is 11.3 Å². The largest absolute Gasteiger partial charge is 0.497 e. The number of ether oxygens (including phenoxy) is 2. The molecule has 12 heteroatoms. The molecule has 1 aliphatic rings. The number of benzene rings is 2. The Morgan fingerprint density at radius 3 is 2.52 bits per heavy atom. The molecule has 33 heavy (non-hydrogen) atoms. The second-order valence-corrected chi connectivity index (χ2v) is 8.50. The average Bonchev–Trinajstić information content (AvgIpc) is 3.29. The smallest absolute Gasteiger partial charge is 0.194 e. The van der Waals surface area contributed by atoms with Crippen molar-refractivity contribution in [2.45, 2.75) is 34.7 Å². The molecule has 3 aromatic rings. The van der Waals surface area contributed by atoms with Gasteiger partial charge in [-0.2, -0.15) is 0 Å². The Labute approximate surface area is 190 Å². The number of hydrogen-bond donors (Lipinski definition) is 3. The SMILES string of the molecule is COc1cccc(S[C@H]2O[C@H](CO)[C@H](O)[C@H](n3cc(-c4cc(F)c(F)c(F)c4)nn3)[C@H]2O)c1. The molecule has 0 aliphatic carbocycles. The van der Waals surface area contributed by atoms with Crippen molar-refractivity contribution in [3.05, 3.63) is 60.0 Å². The topological polar surface area (TPSA) is 110 Å². The van der Waals surface area contributed by atoms with E-state index in [1.54, 1.807) is 24.3 Å². The lowest BCUT2D eigenvalue weighted by molar-refractivity contribution is -0.178. The highest BCUT2D eigenvalue weighted by Gasteiger charge is 2.46. The third-order valence-electron chi connectivity index (χ3n) is 5.24. The Morgan fingerprint density at radius 2 is 1.85 bits per heavy atom. The van der Waals surface area contributed by atoms with Crippen LogP contribution in [0, 0.1) is 17.5 Å². The van der Waals surface area contributed by atoms with Gasteiger partial charge in [0.25, 0.3) is 0 Å². The van der Waals surface area contributed by atoms with E-state index in [4.69, 9.17) is 9.47 Å². The van der Waals surface area contributed by atoms with E-state index in [0.717, 1.165) is 28.6 Å². The molecule has 1 aliphatic heterocycles. The second kappa shape index (κ2) is 9.69. The zero-order valence-electron chi connectivity index (χ0n) is 17.2. The van der Waals surface area contributed by atoms with E-state index in [-0.39, 0.29) is 11.3 Å². The van der Waals surface area contributed by atoms with Crippen molar-refractivity contribution in [1.82, 2.24) is 15.0 Å². The molecule has 0 unspecified atom stereocenters. The minimum atomic E-state index is -1.61. The molecule has 0 radical (unpaired) electrons. The fourth-order valence-electron chi connectivity index (χ4n) is 3.54. The van der Waals surface area contributed by atoms with Crippen LogP contribution in [-0.4, -0.2) is 67.8 Å². The van der Waals surface area contributed by atoms with Gasteiger partial charge in [-0.3, -0.25) is 0 Å². The first-order valence-electron chi connectivity index (χ1n) is 9.82. The first kappa shape index (κ1) is 23.5. The molecule has 8 nitrogen and oxygen atoms in total. The van der Waals surface area contributed by atoms with Gasteiger partial charge in [0, 0.05) is 10.5 Å². The number of aliphatic hydroxyl groups excluding tert-OH is 3. The maximum absolute atomic E-state index is 13.6. The fraction of sp³-hybridized carbons (Fsp3) is 0.333. The second-order valence-electron chi connectivity index (χ2n) is 7.33. The minimum absolute atomic E-state index is 0.00348. The van der Waals surface area contributed by atoms with Crippen LogP contribution in [0.5, 0.6) is 5.75 Å². The van der Waals surface area contributed by atoms with Gasteiger partial charge >= 0.3 is 0 Å². The van der Waals surface area contributed by atoms with Crippen LogP contribution in [0.1, 0.15) is 6.04 Å². The van der Waals surface area contributed by atoms with Gasteiger partial charge in [-0.1, -0.05) is 23.0 Å². The number of hydrogen-bond acceptors (Lipinski definition) is 8. The summed E-state index contributed by atoms with van der Waals surface area (Å²) >= 11 is 1.15. The van der Waals surface area contributed by atoms with Crippen LogP contribution in [0.2, 0.25) is 0 Å². The van der Waals surface area contributed by atoms with Crippen LogP contribution in [0.15, 0.2) is 47.5 Å². The molecule has 176 valence electrons. The Morgan fingerprint density at radius 1 is 1.12 bits per heavy atom. The molecule has 1 aromatic heterocycles. The monoisotopic (exact) mass is 483 g/mol. The highest BCUT2D eigenvalue weighted by atomic mass is 32.2. The molecular weight excluding hydrogens is 463 g/mol. The molecule has 1 fully saturated rings. The number of rotatable bonds is 6. The van der Waals surface area contributed by atoms with E-state index >= 15 is 0 Å². The summed E-state index contributed by atoms with van der Waals surface area (Å²) in [6.45, 7) is -0.532. The summed E-state index contributed by atoms with van der Waals surface area (Å²) in [6.07, 6.45) is -2.47. The number of aliphatic hydroxyl groups is 3. The summed E-state index contributed by atoms with van der Waals surface area (Å²) in [5.74, 6) is -3.79. The summed E-state index contributed by atoms with van der Waals surface area (Å²) in [7, 11) is 1.52. The molecule has 2 aromatic carbocycles. The van der Waals surface area contributed by atoms with Crippen molar-refractivity contribution in [2.75, 3.05) is 13.7 Å². The van der Waals surface area contributed by atoms with E-state index in [2.05, 4.69) is 10.3 Å². The summed E-state index contributed by atoms with van der Waals surface area (Å²) in [6, 6.07) is 7.46. The Kier molecular flexibility index (Phi) is 6.91. The highest BCUT2D eigenvalue weighted by molar-refractivity contribution is 7.99. The molecule has 3 N–H and O–H groups in total. The maximum atomic E-state index is 13.6. The average molecular weight is 483 g/mol. The van der Waals surface area contributed by atoms with Crippen molar-refractivity contribution < 1.29 is 38.0 Å². The quantitative estimate of drug-likeness (QED) is 0.458. The Hall–Kier alpha value is -2.64. The van der Waals surface area contributed by atoms with Gasteiger partial charge in [-0.25, -0.2) is 17.9 Å². The van der Waals surface area contributed by atoms with Gasteiger partial charge in [0.2, 0.25) is 0 Å². The summed E-state index contributed by atoms with van der Waals surface area (Å²) in [4.78, 5) is 0.710. The molecule has 0 amide bonds. The number of aromatic nitrogens is 3. The summed E-state index contributed by atoms with van der Waals surface area (Å²) in [5, 5.41) is 39.1. The lowest BCUT2D eigenvalue weighted by Gasteiger charge is -2.41. The van der Waals surface area contributed by atoms with Crippen LogP contribution in [-0.2, 0) is 4.74 Å². The van der Waals surface area contributed by atoms with Crippen molar-refractivity contribution in [3.8, 4) is 17.0 Å². The van der Waals surface area contributed by atoms with Crippen molar-refractivity contribution in [2.24, 2.45) is 0 Å². The zero-order chi connectivity index (χ0) is 23.7. The normalized spacial score (nSPS) is 25.2. The lowest BCUT2D eigenvalue weighted by Crippen LogP contribution is -2.55. The summed E-state index contributed by atoms with van der Waals surface area (Å²) < 4.78 is 52.5. The Balaban J connectivity index is 1.63. The third-order valence-corrected chi connectivity index (χ3v) is 6.39. The molecular formula is C21H20F3N3O5S. The highest BCUT2D eigenvalue weighted by Crippen LogP contribution is 2.39. The van der Waals surface area contributed by atoms with Crippen LogP contribution in [0.3, 0.4) is 0 Å². The maximum Gasteiger partial charge on any atom is 0.194 e. The number of methoxy groups -OCH3 is 1. The molecule has 2 heterocycles. The van der Waals surface area contributed by atoms with Gasteiger partial charge in [0.05, 0.1) is 19.9 Å². The lowest BCUT2D eigenvalue weighted by atomic mass is 9.97. The van der Waals surface area contributed by atoms with Gasteiger partial charge < -0.3 is 24.8 Å². The van der Waals surface area contributed by atoms with E-state index < -0.39 is 53.8 Å². The van der Waals surface area contributed by atoms with Gasteiger partial charge in [0.1, 0.15) is 41.2 Å². The number of thioether (sulfide) groups is 1. The van der Waals surface area contributed by atoms with Crippen molar-refractivity contribution >= 4 is 11.8 Å². The van der Waals surface area contributed by atoms with Gasteiger partial charge in [-0.05, 0) is 30.3 Å². The standard InChI is InChI=1S/C21H20F3N3O5S/c1-31-11-3-2-4-12(7-11)33-21-20(30)18(19(29)16(9-28)32-21)27-8-15(25-26-27)10-5-13(22)17(24)14(23)6-10/h2-8,16,18-21,28-30H,9H2,1H3/t16-,18+,19+,20-,21-/m1/s1. The van der Waals surface area contributed by atoms with E-state index in [1.807, 2.05) is 0 Å². The van der Waals surface area contributed by atoms with Crippen LogP contribution >= 0.6 is 11.8 Å². The van der Waals surface area contributed by atoms with Crippen molar-refractivity contribution in [3.63, 3.8) is 0 Å². The first-order valence-corrected chi connectivity index (χ1v) is 10.7. The minimum Gasteiger partial charge on any atom is -0.497 e. The molecule has 0 bridgehead atoms. The fourth-order valence-corrected chi connectivity index (χ4v) is 4.65. The predicted molar refractivity (Wildman–Crippen MR) is 111 cm³/mol. The Bertz CT molecular complexity index is 1110. The molecule has 5 atom stereocenters. The van der Waals surface area contributed by atoms with Crippen LogP contribution < -0.4 is 4.74 Å². The molecule has 0 saturated carbocycles. The molecule has 4 rings (SSSR count). The van der Waals surface area contributed by atoms with E-state index in [0.29, 0.717) is 10.6 Å². The first-order chi connectivity index (χ1) is 15.8. The van der Waals surface area contributed by atoms with Gasteiger partial charge in [-0.15, -0.1) is 5.10 Å². The third kappa shape index (κ3) is 4.70. The van der Waals surface area contributed by atoms with Crippen molar-refractivity contribution in [1.29, 1.82) is 0 Å². The molecule has 0 spiro atoms. The zero-order valence-corrected chi connectivity index (χ0v) is 18.0. The van der Waals surface area contributed by atoms with Gasteiger partial charge in [0.15, 0.2) is 17.5 Å². The van der Waals surface area contributed by atoms with E-state index in [9.17, 15) is 28.5 Å². The summed E-state index contributed by atoms with van der Waals surface area (Å²) in [5.41, 5.74) is -0.984. The molecule has 1 saturated heterocycles. The predicted octanol–water partition coefficient (Wildman–Crippen LogP) is 2.14.